The smallest absolute Gasteiger partial charge is 0.270 e. The molecule has 2 amide bonds. The van der Waals surface area contributed by atoms with Crippen LogP contribution in [0.4, 0.5) is 4.39 Å². The van der Waals surface area contributed by atoms with Crippen LogP contribution >= 0.6 is 0 Å². The quantitative estimate of drug-likeness (QED) is 0.293. The number of hydrogen-bond acceptors (Lipinski definition) is 5. The third kappa shape index (κ3) is 4.83. The lowest BCUT2D eigenvalue weighted by molar-refractivity contribution is -0.131. The van der Waals surface area contributed by atoms with Gasteiger partial charge in [-0.3, -0.25) is 19.0 Å². The molecule has 0 fully saturated rings. The summed E-state index contributed by atoms with van der Waals surface area (Å²) in [5.41, 5.74) is 5.18. The summed E-state index contributed by atoms with van der Waals surface area (Å²) in [7, 11) is 3.46. The van der Waals surface area contributed by atoms with Gasteiger partial charge in [0, 0.05) is 74.1 Å². The van der Waals surface area contributed by atoms with Crippen molar-refractivity contribution in [1.82, 2.24) is 34.3 Å². The van der Waals surface area contributed by atoms with Gasteiger partial charge >= 0.3 is 0 Å². The van der Waals surface area contributed by atoms with Crippen LogP contribution < -0.4 is 4.74 Å². The third-order valence-electron chi connectivity index (χ3n) is 8.58. The van der Waals surface area contributed by atoms with Gasteiger partial charge in [-0.15, -0.1) is 0 Å². The molecule has 44 heavy (non-hydrogen) atoms. The number of nitrogens with zero attached hydrogens (tertiary/aromatic N) is 6. The fourth-order valence-electron chi connectivity index (χ4n) is 6.25. The van der Waals surface area contributed by atoms with Gasteiger partial charge in [-0.05, 0) is 41.8 Å². The van der Waals surface area contributed by atoms with Crippen molar-refractivity contribution in [3.63, 3.8) is 0 Å². The van der Waals surface area contributed by atoms with Crippen LogP contribution in [0.1, 0.15) is 40.2 Å². The van der Waals surface area contributed by atoms with E-state index in [4.69, 9.17) is 4.74 Å². The molecule has 0 saturated carbocycles. The van der Waals surface area contributed by atoms with E-state index in [1.165, 1.54) is 0 Å². The number of para-hydroxylation sites is 1. The van der Waals surface area contributed by atoms with Gasteiger partial charge in [-0.2, -0.15) is 10.2 Å². The largest absolute Gasteiger partial charge is 0.496 e. The zero-order valence-corrected chi connectivity index (χ0v) is 24.6. The molecule has 2 aromatic carbocycles. The second-order valence-corrected chi connectivity index (χ2v) is 11.2. The average molecular weight is 594 g/mol. The summed E-state index contributed by atoms with van der Waals surface area (Å²) < 4.78 is 25.7. The maximum atomic E-state index is 16.5. The first-order chi connectivity index (χ1) is 21.4. The van der Waals surface area contributed by atoms with Crippen molar-refractivity contribution in [2.75, 3.05) is 20.2 Å². The maximum absolute atomic E-state index is 16.5. The Bertz CT molecular complexity index is 1920. The van der Waals surface area contributed by atoms with E-state index in [0.29, 0.717) is 61.4 Å². The summed E-state index contributed by atoms with van der Waals surface area (Å²) in [5.74, 6) is -0.0399. The molecule has 3 aromatic heterocycles. The number of carbonyl (C=O) groups is 2. The molecular formula is C33H32FN7O3. The van der Waals surface area contributed by atoms with Crippen molar-refractivity contribution in [2.24, 2.45) is 7.05 Å². The van der Waals surface area contributed by atoms with Crippen LogP contribution in [0.2, 0.25) is 0 Å². The van der Waals surface area contributed by atoms with Crippen LogP contribution in [0.5, 0.6) is 5.75 Å². The summed E-state index contributed by atoms with van der Waals surface area (Å²) in [5, 5.41) is 9.05. The van der Waals surface area contributed by atoms with E-state index in [1.54, 1.807) is 44.7 Å². The minimum Gasteiger partial charge on any atom is -0.496 e. The van der Waals surface area contributed by atoms with Crippen LogP contribution in [0, 0.1) is 5.82 Å². The zero-order chi connectivity index (χ0) is 30.4. The highest BCUT2D eigenvalue weighted by atomic mass is 19.1. The number of aromatic amines is 1. The number of benzene rings is 2. The monoisotopic (exact) mass is 593 g/mol. The average Bonchev–Trinajstić information content (AvgIpc) is 3.86. The molecule has 0 aliphatic carbocycles. The van der Waals surface area contributed by atoms with Crippen LogP contribution in [-0.4, -0.2) is 66.4 Å². The van der Waals surface area contributed by atoms with Gasteiger partial charge in [0.15, 0.2) is 5.82 Å². The van der Waals surface area contributed by atoms with Crippen molar-refractivity contribution in [2.45, 2.75) is 32.5 Å². The molecular weight excluding hydrogens is 561 g/mol. The number of aromatic nitrogens is 5. The number of nitrogens with one attached hydrogen (secondary N) is 1. The lowest BCUT2D eigenvalue weighted by Gasteiger charge is -2.28. The molecule has 11 heteroatoms. The highest BCUT2D eigenvalue weighted by Gasteiger charge is 2.30. The Kier molecular flexibility index (Phi) is 7.00. The van der Waals surface area contributed by atoms with Gasteiger partial charge in [0.2, 0.25) is 5.91 Å². The Hall–Kier alpha value is -5.19. The first-order valence-electron chi connectivity index (χ1n) is 14.6. The van der Waals surface area contributed by atoms with E-state index >= 15 is 4.39 Å². The molecule has 1 N–H and O–H groups in total. The van der Waals surface area contributed by atoms with Gasteiger partial charge in [-0.25, -0.2) is 4.39 Å². The van der Waals surface area contributed by atoms with Crippen LogP contribution in [0.25, 0.3) is 27.6 Å². The molecule has 0 saturated heterocycles. The minimum atomic E-state index is -0.455. The van der Waals surface area contributed by atoms with Crippen LogP contribution in [0.3, 0.4) is 0 Å². The number of hydrogen-bond donors (Lipinski definition) is 1. The van der Waals surface area contributed by atoms with E-state index in [0.717, 1.165) is 28.0 Å². The number of ether oxygens (including phenoxy) is 1. The molecule has 224 valence electrons. The van der Waals surface area contributed by atoms with Crippen molar-refractivity contribution >= 4 is 28.3 Å². The number of fused-ring (bicyclic) bond motifs is 2. The van der Waals surface area contributed by atoms with E-state index in [-0.39, 0.29) is 23.9 Å². The summed E-state index contributed by atoms with van der Waals surface area (Å²) in [6.07, 6.45) is 8.21. The SMILES string of the molecule is COc1ccccc1-c1cc(C2=CCCN(C(=O)CCn3cccn3)C2)c(F)c2[nH]c(C(=O)N3Cc4cnn(C)c4C3)cc12. The molecule has 0 radical (unpaired) electrons. The highest BCUT2D eigenvalue weighted by Crippen LogP contribution is 2.40. The second-order valence-electron chi connectivity index (χ2n) is 11.2. The number of carbonyl (C=O) groups excluding carboxylic acids is 2. The first kappa shape index (κ1) is 27.6. The molecule has 2 aliphatic heterocycles. The minimum absolute atomic E-state index is 0.00731. The second kappa shape index (κ2) is 11.1. The van der Waals surface area contributed by atoms with Crippen LogP contribution in [-0.2, 0) is 31.5 Å². The Morgan fingerprint density at radius 3 is 2.68 bits per heavy atom. The lowest BCUT2D eigenvalue weighted by Crippen LogP contribution is -2.36. The van der Waals surface area contributed by atoms with E-state index in [2.05, 4.69) is 15.2 Å². The zero-order valence-electron chi connectivity index (χ0n) is 24.6. The topological polar surface area (TPSA) is 101 Å². The summed E-state index contributed by atoms with van der Waals surface area (Å²) in [6.45, 7) is 2.22. The van der Waals surface area contributed by atoms with E-state index in [1.807, 2.05) is 55.7 Å². The third-order valence-corrected chi connectivity index (χ3v) is 8.58. The van der Waals surface area contributed by atoms with Gasteiger partial charge in [0.05, 0.1) is 31.1 Å². The standard InChI is InChI=1S/C33H32FN7O3/c1-38-28-20-40(19-22(28)17-36-38)33(43)27-16-26-25(23-8-3-4-9-29(23)44-2)15-24(31(34)32(26)37-27)21-7-5-12-39(18-21)30(42)10-14-41-13-6-11-35-41/h3-4,6-9,11,13,15-17,37H,5,10,12,14,18-20H2,1-2H3. The predicted octanol–water partition coefficient (Wildman–Crippen LogP) is 4.77. The number of halogens is 1. The highest BCUT2D eigenvalue weighted by molar-refractivity contribution is 6.05. The summed E-state index contributed by atoms with van der Waals surface area (Å²) >= 11 is 0. The van der Waals surface area contributed by atoms with Crippen molar-refractivity contribution in [1.29, 1.82) is 0 Å². The van der Waals surface area contributed by atoms with Crippen molar-refractivity contribution in [3.8, 4) is 16.9 Å². The number of methoxy groups -OCH3 is 1. The Morgan fingerprint density at radius 2 is 1.89 bits per heavy atom. The molecule has 5 heterocycles. The molecule has 0 spiro atoms. The summed E-state index contributed by atoms with van der Waals surface area (Å²) in [4.78, 5) is 33.4. The van der Waals surface area contributed by atoms with Crippen molar-refractivity contribution < 1.29 is 18.7 Å². The van der Waals surface area contributed by atoms with Gasteiger partial charge in [0.25, 0.3) is 5.91 Å². The molecule has 7 rings (SSSR count). The van der Waals surface area contributed by atoms with E-state index in [9.17, 15) is 9.59 Å². The van der Waals surface area contributed by atoms with Gasteiger partial charge in [0.1, 0.15) is 11.4 Å². The lowest BCUT2D eigenvalue weighted by atomic mass is 9.93. The van der Waals surface area contributed by atoms with Crippen molar-refractivity contribution in [3.05, 3.63) is 95.5 Å². The molecule has 0 bridgehead atoms. The van der Waals surface area contributed by atoms with Gasteiger partial charge in [-0.1, -0.05) is 24.3 Å². The number of amides is 2. The maximum Gasteiger partial charge on any atom is 0.270 e. The Morgan fingerprint density at radius 1 is 1.02 bits per heavy atom. The predicted molar refractivity (Wildman–Crippen MR) is 163 cm³/mol. The fourth-order valence-corrected chi connectivity index (χ4v) is 6.25. The fraction of sp³-hybridized carbons (Fsp3) is 0.273. The molecule has 0 atom stereocenters. The molecule has 2 aliphatic rings. The number of aryl methyl sites for hydroxylation is 2. The normalized spacial score (nSPS) is 14.7. The van der Waals surface area contributed by atoms with Crippen LogP contribution in [0.15, 0.2) is 67.1 Å². The number of rotatable bonds is 7. The Labute approximate surface area is 253 Å². The first-order valence-corrected chi connectivity index (χ1v) is 14.6. The number of H-pyrrole nitrogens is 1. The molecule has 5 aromatic rings. The van der Waals surface area contributed by atoms with E-state index < -0.39 is 5.82 Å². The molecule has 0 unspecified atom stereocenters. The molecule has 10 nitrogen and oxygen atoms in total. The summed E-state index contributed by atoms with van der Waals surface area (Å²) in [6, 6.07) is 12.9. The van der Waals surface area contributed by atoms with Gasteiger partial charge < -0.3 is 19.5 Å². The Balaban J connectivity index is 1.25.